The Morgan fingerprint density at radius 1 is 1.35 bits per heavy atom. The molecule has 1 aromatic rings. The molecule has 1 aromatic heterocycles. The van der Waals surface area contributed by atoms with Crippen LogP contribution in [-0.2, 0) is 6.42 Å². The van der Waals surface area contributed by atoms with Gasteiger partial charge in [0.05, 0.1) is 0 Å². The van der Waals surface area contributed by atoms with Crippen LogP contribution in [0.4, 0.5) is 0 Å². The molecule has 0 radical (unpaired) electrons. The number of nitrogens with zero attached hydrogens (tertiary/aromatic N) is 1. The summed E-state index contributed by atoms with van der Waals surface area (Å²) in [6.45, 7) is 3.45. The zero-order chi connectivity index (χ0) is 12.1. The van der Waals surface area contributed by atoms with Gasteiger partial charge in [0.25, 0.3) is 0 Å². The smallest absolute Gasteiger partial charge is 0.0422 e. The molecule has 1 saturated heterocycles. The molecule has 1 fully saturated rings. The van der Waals surface area contributed by atoms with Gasteiger partial charge in [-0.25, -0.2) is 0 Å². The van der Waals surface area contributed by atoms with Crippen LogP contribution in [0.5, 0.6) is 0 Å². The Hall–Kier alpha value is -0.410. The molecule has 0 amide bonds. The molecule has 94 valence electrons. The average Bonchev–Trinajstić information content (AvgIpc) is 2.58. The van der Waals surface area contributed by atoms with Gasteiger partial charge in [-0.15, -0.1) is 0 Å². The Morgan fingerprint density at radius 3 is 2.94 bits per heavy atom. The van der Waals surface area contributed by atoms with Crippen molar-refractivity contribution >= 4 is 15.9 Å². The van der Waals surface area contributed by atoms with Crippen LogP contribution in [0.3, 0.4) is 0 Å². The number of halogens is 1. The minimum absolute atomic E-state index is 0.275. The van der Waals surface area contributed by atoms with Gasteiger partial charge in [0.2, 0.25) is 0 Å². The van der Waals surface area contributed by atoms with E-state index in [4.69, 9.17) is 0 Å². The molecule has 2 heterocycles. The van der Waals surface area contributed by atoms with Crippen molar-refractivity contribution in [1.82, 2.24) is 10.3 Å². The van der Waals surface area contributed by atoms with E-state index in [2.05, 4.69) is 45.3 Å². The van der Waals surface area contributed by atoms with Gasteiger partial charge in [-0.2, -0.15) is 0 Å². The highest BCUT2D eigenvalue weighted by Gasteiger charge is 2.29. The predicted molar refractivity (Wildman–Crippen MR) is 75.1 cm³/mol. The predicted octanol–water partition coefficient (Wildman–Crippen LogP) is 3.70. The van der Waals surface area contributed by atoms with E-state index < -0.39 is 0 Å². The highest BCUT2D eigenvalue weighted by atomic mass is 79.9. The van der Waals surface area contributed by atoms with E-state index in [1.807, 2.05) is 6.20 Å². The Labute approximate surface area is 112 Å². The Bertz CT molecular complexity index is 340. The number of rotatable bonds is 3. The molecule has 0 aliphatic carbocycles. The van der Waals surface area contributed by atoms with Crippen LogP contribution in [0.2, 0.25) is 0 Å². The third-order valence-corrected chi connectivity index (χ3v) is 4.29. The molecule has 3 heteroatoms. The van der Waals surface area contributed by atoms with Gasteiger partial charge < -0.3 is 5.32 Å². The van der Waals surface area contributed by atoms with E-state index >= 15 is 0 Å². The summed E-state index contributed by atoms with van der Waals surface area (Å²) in [5.41, 5.74) is 1.47. The number of hydrogen-bond donors (Lipinski definition) is 1. The van der Waals surface area contributed by atoms with Crippen molar-refractivity contribution in [3.05, 3.63) is 28.5 Å². The quantitative estimate of drug-likeness (QED) is 0.920. The molecule has 0 aromatic carbocycles. The van der Waals surface area contributed by atoms with Crippen LogP contribution < -0.4 is 5.32 Å². The van der Waals surface area contributed by atoms with Gasteiger partial charge in [-0.1, -0.05) is 19.8 Å². The summed E-state index contributed by atoms with van der Waals surface area (Å²) < 4.78 is 1.06. The Balaban J connectivity index is 2.09. The zero-order valence-electron chi connectivity index (χ0n) is 10.5. The van der Waals surface area contributed by atoms with Crippen LogP contribution in [-0.4, -0.2) is 17.1 Å². The second-order valence-electron chi connectivity index (χ2n) is 5.02. The summed E-state index contributed by atoms with van der Waals surface area (Å²) in [4.78, 5) is 4.51. The highest BCUT2D eigenvalue weighted by Crippen LogP contribution is 2.26. The molecule has 1 aliphatic heterocycles. The second-order valence-corrected chi connectivity index (χ2v) is 5.93. The third kappa shape index (κ3) is 3.52. The molecule has 1 N–H and O–H groups in total. The highest BCUT2D eigenvalue weighted by molar-refractivity contribution is 9.10. The molecule has 0 bridgehead atoms. The van der Waals surface area contributed by atoms with Crippen LogP contribution in [0.1, 0.15) is 44.7 Å². The summed E-state index contributed by atoms with van der Waals surface area (Å²) in [6, 6.07) is 4.22. The second kappa shape index (κ2) is 5.96. The maximum atomic E-state index is 4.51. The average molecular weight is 297 g/mol. The lowest BCUT2D eigenvalue weighted by Crippen LogP contribution is -2.46. The molecule has 1 atom stereocenters. The minimum Gasteiger partial charge on any atom is -0.311 e. The molecular weight excluding hydrogens is 276 g/mol. The topological polar surface area (TPSA) is 24.9 Å². The van der Waals surface area contributed by atoms with E-state index in [-0.39, 0.29) is 5.54 Å². The summed E-state index contributed by atoms with van der Waals surface area (Å²) in [5.74, 6) is 0. The van der Waals surface area contributed by atoms with Crippen LogP contribution >= 0.6 is 15.9 Å². The van der Waals surface area contributed by atoms with Crippen molar-refractivity contribution < 1.29 is 0 Å². The summed E-state index contributed by atoms with van der Waals surface area (Å²) >= 11 is 3.44. The SMILES string of the molecule is CCC1(Cc2ccc(Br)cn2)CCCCCN1. The molecule has 2 rings (SSSR count). The number of nitrogens with one attached hydrogen (secondary N) is 1. The van der Waals surface area contributed by atoms with Gasteiger partial charge in [-0.3, -0.25) is 4.98 Å². The maximum Gasteiger partial charge on any atom is 0.0422 e. The van der Waals surface area contributed by atoms with E-state index in [9.17, 15) is 0 Å². The van der Waals surface area contributed by atoms with Gasteiger partial charge >= 0.3 is 0 Å². The van der Waals surface area contributed by atoms with E-state index in [1.165, 1.54) is 37.8 Å². The fraction of sp³-hybridized carbons (Fsp3) is 0.643. The van der Waals surface area contributed by atoms with E-state index in [0.29, 0.717) is 0 Å². The van der Waals surface area contributed by atoms with Crippen LogP contribution in [0.25, 0.3) is 0 Å². The molecule has 17 heavy (non-hydrogen) atoms. The van der Waals surface area contributed by atoms with Gasteiger partial charge in [0.1, 0.15) is 0 Å². The van der Waals surface area contributed by atoms with E-state index in [1.54, 1.807) is 0 Å². The zero-order valence-corrected chi connectivity index (χ0v) is 12.1. The van der Waals surface area contributed by atoms with Crippen LogP contribution in [0.15, 0.2) is 22.8 Å². The fourth-order valence-corrected chi connectivity index (χ4v) is 2.88. The van der Waals surface area contributed by atoms with Crippen molar-refractivity contribution in [2.24, 2.45) is 0 Å². The van der Waals surface area contributed by atoms with Gasteiger partial charge in [0.15, 0.2) is 0 Å². The lowest BCUT2D eigenvalue weighted by Gasteiger charge is -2.32. The molecule has 0 spiro atoms. The largest absolute Gasteiger partial charge is 0.311 e. The lowest BCUT2D eigenvalue weighted by molar-refractivity contribution is 0.299. The fourth-order valence-electron chi connectivity index (χ4n) is 2.64. The lowest BCUT2D eigenvalue weighted by atomic mass is 9.86. The minimum atomic E-state index is 0.275. The van der Waals surface area contributed by atoms with Crippen molar-refractivity contribution in [2.75, 3.05) is 6.54 Å². The van der Waals surface area contributed by atoms with Gasteiger partial charge in [-0.05, 0) is 53.9 Å². The number of hydrogen-bond acceptors (Lipinski definition) is 2. The standard InChI is InChI=1S/C14H21BrN2/c1-2-14(8-4-3-5-9-17-14)10-13-7-6-12(15)11-16-13/h6-7,11,17H,2-5,8-10H2,1H3. The van der Waals surface area contributed by atoms with Crippen molar-refractivity contribution in [2.45, 2.75) is 51.0 Å². The first kappa shape index (κ1) is 13.0. The third-order valence-electron chi connectivity index (χ3n) is 3.82. The summed E-state index contributed by atoms with van der Waals surface area (Å²) in [6.07, 6.45) is 9.44. The molecule has 0 saturated carbocycles. The maximum absolute atomic E-state index is 4.51. The molecule has 1 unspecified atom stereocenters. The summed E-state index contributed by atoms with van der Waals surface area (Å²) in [5, 5.41) is 3.76. The number of aromatic nitrogens is 1. The first-order chi connectivity index (χ1) is 8.24. The normalized spacial score (nSPS) is 25.5. The first-order valence-electron chi connectivity index (χ1n) is 6.60. The van der Waals surface area contributed by atoms with Crippen molar-refractivity contribution in [1.29, 1.82) is 0 Å². The van der Waals surface area contributed by atoms with Crippen molar-refractivity contribution in [3.63, 3.8) is 0 Å². The molecule has 1 aliphatic rings. The molecular formula is C14H21BrN2. The number of pyridine rings is 1. The monoisotopic (exact) mass is 296 g/mol. The van der Waals surface area contributed by atoms with E-state index in [0.717, 1.165) is 17.4 Å². The Kier molecular flexibility index (Phi) is 4.57. The van der Waals surface area contributed by atoms with Crippen molar-refractivity contribution in [3.8, 4) is 0 Å². The first-order valence-corrected chi connectivity index (χ1v) is 7.39. The molecule has 2 nitrogen and oxygen atoms in total. The Morgan fingerprint density at radius 2 is 2.24 bits per heavy atom. The van der Waals surface area contributed by atoms with Crippen LogP contribution in [0, 0.1) is 0 Å². The summed E-state index contributed by atoms with van der Waals surface area (Å²) in [7, 11) is 0. The van der Waals surface area contributed by atoms with Gasteiger partial charge in [0, 0.05) is 28.3 Å².